The number of sulfone groups is 1. The summed E-state index contributed by atoms with van der Waals surface area (Å²) in [6.07, 6.45) is 1.19. The third kappa shape index (κ3) is 6.91. The smallest absolute Gasteiger partial charge is 0.213 e. The molecule has 0 amide bonds. The van der Waals surface area contributed by atoms with Gasteiger partial charge < -0.3 is 0 Å². The van der Waals surface area contributed by atoms with E-state index in [0.29, 0.717) is 0 Å². The van der Waals surface area contributed by atoms with Crippen LogP contribution in [-0.4, -0.2) is 46.4 Å². The summed E-state index contributed by atoms with van der Waals surface area (Å²) in [6, 6.07) is -0.811. The van der Waals surface area contributed by atoms with Crippen molar-refractivity contribution in [2.24, 2.45) is 0 Å². The monoisotopic (exact) mass is 271 g/mol. The van der Waals surface area contributed by atoms with Crippen LogP contribution < -0.4 is 4.72 Å². The fraction of sp³-hybridized carbons (Fsp3) is 0.875. The summed E-state index contributed by atoms with van der Waals surface area (Å²) < 4.78 is 46.5. The fourth-order valence-electron chi connectivity index (χ4n) is 0.961. The van der Waals surface area contributed by atoms with E-state index in [2.05, 4.69) is 4.72 Å². The lowest BCUT2D eigenvalue weighted by Gasteiger charge is -2.11. The van der Waals surface area contributed by atoms with Gasteiger partial charge >= 0.3 is 0 Å². The molecule has 0 radical (unpaired) electrons. The van der Waals surface area contributed by atoms with E-state index in [1.54, 1.807) is 6.92 Å². The Kier molecular flexibility index (Phi) is 5.57. The van der Waals surface area contributed by atoms with Gasteiger partial charge in [-0.1, -0.05) is 6.92 Å². The Labute approximate surface area is 96.4 Å². The van der Waals surface area contributed by atoms with E-state index < -0.39 is 37.4 Å². The van der Waals surface area contributed by atoms with Crippen molar-refractivity contribution in [1.82, 2.24) is 4.72 Å². The third-order valence-corrected chi connectivity index (χ3v) is 4.57. The predicted octanol–water partition coefficient (Wildman–Crippen LogP) is -0.682. The lowest BCUT2D eigenvalue weighted by atomic mass is 10.2. The molecule has 0 aliphatic heterocycles. The van der Waals surface area contributed by atoms with Crippen molar-refractivity contribution in [1.29, 1.82) is 0 Å². The first kappa shape index (κ1) is 15.5. The lowest BCUT2D eigenvalue weighted by molar-refractivity contribution is -0.119. The van der Waals surface area contributed by atoms with E-state index in [9.17, 15) is 21.6 Å². The van der Waals surface area contributed by atoms with Crippen molar-refractivity contribution < 1.29 is 21.6 Å². The molecule has 0 bridgehead atoms. The molecule has 0 aliphatic carbocycles. The Hall–Kier alpha value is -0.470. The van der Waals surface area contributed by atoms with E-state index in [1.165, 1.54) is 6.92 Å². The van der Waals surface area contributed by atoms with Crippen molar-refractivity contribution in [3.63, 3.8) is 0 Å². The van der Waals surface area contributed by atoms with Crippen LogP contribution in [0.5, 0.6) is 0 Å². The number of carbonyl (C=O) groups is 1. The third-order valence-electron chi connectivity index (χ3n) is 1.91. The molecule has 0 rings (SSSR count). The summed E-state index contributed by atoms with van der Waals surface area (Å²) in [5.41, 5.74) is 0. The lowest BCUT2D eigenvalue weighted by Crippen LogP contribution is -2.40. The van der Waals surface area contributed by atoms with Gasteiger partial charge in [-0.25, -0.2) is 21.6 Å². The zero-order chi connectivity index (χ0) is 13.0. The largest absolute Gasteiger partial charge is 0.298 e. The van der Waals surface area contributed by atoms with Gasteiger partial charge in [-0.05, 0) is 6.92 Å². The predicted molar refractivity (Wildman–Crippen MR) is 61.4 cm³/mol. The highest BCUT2D eigenvalue weighted by atomic mass is 32.2. The van der Waals surface area contributed by atoms with Gasteiger partial charge in [0.25, 0.3) is 0 Å². The van der Waals surface area contributed by atoms with E-state index in [0.717, 1.165) is 6.26 Å². The second-order valence-corrected chi connectivity index (χ2v) is 7.74. The van der Waals surface area contributed by atoms with Crippen LogP contribution in [0.25, 0.3) is 0 Å². The maximum absolute atomic E-state index is 11.4. The SMILES string of the molecule is CCC(=O)C(C)NS(=O)(=O)CCS(C)(=O)=O. The topological polar surface area (TPSA) is 97.4 Å². The van der Waals surface area contributed by atoms with Crippen LogP contribution in [0, 0.1) is 0 Å². The molecule has 6 nitrogen and oxygen atoms in total. The molecule has 0 aromatic rings. The number of nitrogens with one attached hydrogen (secondary N) is 1. The Morgan fingerprint density at radius 1 is 1.19 bits per heavy atom. The fourth-order valence-corrected chi connectivity index (χ4v) is 3.84. The van der Waals surface area contributed by atoms with Crippen LogP contribution in [0.4, 0.5) is 0 Å². The number of sulfonamides is 1. The Morgan fingerprint density at radius 2 is 1.69 bits per heavy atom. The first-order valence-corrected chi connectivity index (χ1v) is 8.49. The van der Waals surface area contributed by atoms with Crippen LogP contribution in [0.2, 0.25) is 0 Å². The highest BCUT2D eigenvalue weighted by molar-refractivity contribution is 7.93. The van der Waals surface area contributed by atoms with Crippen molar-refractivity contribution in [3.8, 4) is 0 Å². The summed E-state index contributed by atoms with van der Waals surface area (Å²) in [5, 5.41) is 0. The minimum absolute atomic E-state index is 0.232. The Balaban J connectivity index is 4.43. The molecule has 0 aromatic heterocycles. The summed E-state index contributed by atoms with van der Waals surface area (Å²) in [7, 11) is -7.04. The van der Waals surface area contributed by atoms with Gasteiger partial charge in [0.05, 0.1) is 17.5 Å². The average molecular weight is 271 g/mol. The normalized spacial score (nSPS) is 14.7. The highest BCUT2D eigenvalue weighted by Crippen LogP contribution is 1.96. The maximum atomic E-state index is 11.4. The molecule has 0 saturated heterocycles. The quantitative estimate of drug-likeness (QED) is 0.661. The second-order valence-electron chi connectivity index (χ2n) is 3.61. The second kappa shape index (κ2) is 5.74. The molecule has 1 atom stereocenters. The summed E-state index contributed by atoms with van der Waals surface area (Å²) in [4.78, 5) is 11.1. The van der Waals surface area contributed by atoms with Crippen LogP contribution in [0.1, 0.15) is 20.3 Å². The molecule has 1 unspecified atom stereocenters. The number of rotatable bonds is 7. The minimum Gasteiger partial charge on any atom is -0.298 e. The zero-order valence-corrected chi connectivity index (χ0v) is 11.2. The van der Waals surface area contributed by atoms with E-state index in [1.807, 2.05) is 0 Å². The van der Waals surface area contributed by atoms with Gasteiger partial charge in [0, 0.05) is 12.7 Å². The van der Waals surface area contributed by atoms with Crippen LogP contribution in [0.15, 0.2) is 0 Å². The molecule has 0 saturated carbocycles. The molecule has 16 heavy (non-hydrogen) atoms. The molecule has 0 fully saturated rings. The van der Waals surface area contributed by atoms with Crippen molar-refractivity contribution in [2.45, 2.75) is 26.3 Å². The van der Waals surface area contributed by atoms with Gasteiger partial charge in [-0.2, -0.15) is 0 Å². The first-order valence-electron chi connectivity index (χ1n) is 4.78. The molecule has 1 N–H and O–H groups in total. The van der Waals surface area contributed by atoms with E-state index in [4.69, 9.17) is 0 Å². The van der Waals surface area contributed by atoms with E-state index >= 15 is 0 Å². The van der Waals surface area contributed by atoms with Gasteiger partial charge in [-0.3, -0.25) is 4.79 Å². The first-order chi connectivity index (χ1) is 7.07. The Morgan fingerprint density at radius 3 is 2.06 bits per heavy atom. The highest BCUT2D eigenvalue weighted by Gasteiger charge is 2.20. The number of carbonyl (C=O) groups excluding carboxylic acids is 1. The summed E-state index contributed by atoms with van der Waals surface area (Å²) in [6.45, 7) is 3.06. The number of hydrogen-bond donors (Lipinski definition) is 1. The molecule has 8 heteroatoms. The zero-order valence-electron chi connectivity index (χ0n) is 9.56. The molecule has 0 heterocycles. The molecular weight excluding hydrogens is 254 g/mol. The van der Waals surface area contributed by atoms with Gasteiger partial charge in [0.15, 0.2) is 0 Å². The number of Topliss-reactive ketones (excluding diaryl/α,β-unsaturated/α-hetero) is 1. The Bertz CT molecular complexity index is 437. The average Bonchev–Trinajstić information content (AvgIpc) is 2.12. The van der Waals surface area contributed by atoms with Crippen LogP contribution in [0.3, 0.4) is 0 Å². The maximum Gasteiger partial charge on any atom is 0.213 e. The van der Waals surface area contributed by atoms with E-state index in [-0.39, 0.29) is 12.2 Å². The van der Waals surface area contributed by atoms with Gasteiger partial charge in [0.2, 0.25) is 10.0 Å². The van der Waals surface area contributed by atoms with Crippen LogP contribution >= 0.6 is 0 Å². The molecule has 0 aliphatic rings. The molecule has 96 valence electrons. The molecular formula is C8H17NO5S2. The van der Waals surface area contributed by atoms with Crippen molar-refractivity contribution in [3.05, 3.63) is 0 Å². The van der Waals surface area contributed by atoms with Crippen LogP contribution in [-0.2, 0) is 24.7 Å². The molecule has 0 spiro atoms. The van der Waals surface area contributed by atoms with Gasteiger partial charge in [0.1, 0.15) is 15.6 Å². The standard InChI is InChI=1S/C8H17NO5S2/c1-4-8(10)7(2)9-16(13,14)6-5-15(3,11)12/h7,9H,4-6H2,1-3H3. The minimum atomic E-state index is -3.72. The van der Waals surface area contributed by atoms with Gasteiger partial charge in [-0.15, -0.1) is 0 Å². The summed E-state index contributed by atoms with van der Waals surface area (Å²) in [5.74, 6) is -1.20. The number of ketones is 1. The summed E-state index contributed by atoms with van der Waals surface area (Å²) >= 11 is 0. The van der Waals surface area contributed by atoms with Crippen molar-refractivity contribution in [2.75, 3.05) is 17.8 Å². The number of hydrogen-bond acceptors (Lipinski definition) is 5. The van der Waals surface area contributed by atoms with Crippen molar-refractivity contribution >= 4 is 25.6 Å². The molecule has 0 aromatic carbocycles.